The molecule has 0 bridgehead atoms. The second-order valence-electron chi connectivity index (χ2n) is 5.58. The molecule has 0 fully saturated rings. The number of nitrogens with zero attached hydrogens (tertiary/aromatic N) is 3. The zero-order valence-electron chi connectivity index (χ0n) is 13.7. The van der Waals surface area contributed by atoms with Crippen molar-refractivity contribution in [1.82, 2.24) is 9.97 Å². The minimum absolute atomic E-state index is 0.344. The van der Waals surface area contributed by atoms with E-state index in [-0.39, 0.29) is 0 Å². The van der Waals surface area contributed by atoms with Crippen LogP contribution in [0.3, 0.4) is 0 Å². The lowest BCUT2D eigenvalue weighted by atomic mass is 10.1. The molecule has 0 aliphatic rings. The Morgan fingerprint density at radius 1 is 1.15 bits per heavy atom. The molecule has 2 heterocycles. The summed E-state index contributed by atoms with van der Waals surface area (Å²) in [6.07, 6.45) is 1.73. The first-order valence-corrected chi connectivity index (χ1v) is 8.99. The summed E-state index contributed by atoms with van der Waals surface area (Å²) in [5, 5.41) is 11.5. The van der Waals surface area contributed by atoms with Gasteiger partial charge in [0, 0.05) is 10.9 Å². The maximum Gasteiger partial charge on any atom is 0.137 e. The van der Waals surface area contributed by atoms with Crippen LogP contribution in [0, 0.1) is 11.3 Å². The number of ether oxygens (including phenoxy) is 1. The second kappa shape index (κ2) is 6.75. The molecule has 126 valence electrons. The van der Waals surface area contributed by atoms with Gasteiger partial charge in [-0.2, -0.15) is 5.26 Å². The topological polar surface area (TPSA) is 58.8 Å². The van der Waals surface area contributed by atoms with E-state index in [1.165, 1.54) is 11.3 Å². The van der Waals surface area contributed by atoms with Gasteiger partial charge in [0.05, 0.1) is 28.4 Å². The minimum atomic E-state index is 0.344. The number of halogens is 1. The van der Waals surface area contributed by atoms with Crippen LogP contribution in [-0.2, 0) is 0 Å². The van der Waals surface area contributed by atoms with Crippen molar-refractivity contribution in [3.05, 3.63) is 64.3 Å². The summed E-state index contributed by atoms with van der Waals surface area (Å²) < 4.78 is 6.30. The minimum Gasteiger partial charge on any atom is -0.497 e. The summed E-state index contributed by atoms with van der Waals surface area (Å²) >= 11 is 7.81. The van der Waals surface area contributed by atoms with Crippen molar-refractivity contribution < 1.29 is 4.74 Å². The maximum atomic E-state index is 9.62. The molecule has 0 amide bonds. The molecule has 0 unspecified atom stereocenters. The first-order chi connectivity index (χ1) is 12.7. The molecule has 0 aliphatic heterocycles. The van der Waals surface area contributed by atoms with E-state index in [1.807, 2.05) is 48.5 Å². The summed E-state index contributed by atoms with van der Waals surface area (Å²) in [5.74, 6) is 0.739. The lowest BCUT2D eigenvalue weighted by molar-refractivity contribution is 0.415. The molecule has 0 saturated heterocycles. The molecular weight excluding hydrogens is 366 g/mol. The molecular formula is C20H12ClN3OS. The van der Waals surface area contributed by atoms with Crippen molar-refractivity contribution in [2.45, 2.75) is 0 Å². The molecule has 4 rings (SSSR count). The number of aromatic nitrogens is 2. The lowest BCUT2D eigenvalue weighted by Crippen LogP contribution is -1.88. The van der Waals surface area contributed by atoms with E-state index in [0.717, 1.165) is 26.9 Å². The fraction of sp³-hybridized carbons (Fsp3) is 0.0500. The van der Waals surface area contributed by atoms with Crippen molar-refractivity contribution in [3.63, 3.8) is 0 Å². The summed E-state index contributed by atoms with van der Waals surface area (Å²) in [6, 6.07) is 17.5. The smallest absolute Gasteiger partial charge is 0.137 e. The van der Waals surface area contributed by atoms with Crippen LogP contribution >= 0.6 is 22.9 Å². The number of thiazole rings is 1. The fourth-order valence-electron chi connectivity index (χ4n) is 2.66. The Balaban J connectivity index is 1.84. The van der Waals surface area contributed by atoms with Crippen LogP contribution in [0.5, 0.6) is 5.75 Å². The van der Waals surface area contributed by atoms with Crippen LogP contribution in [0.2, 0.25) is 5.15 Å². The van der Waals surface area contributed by atoms with Crippen molar-refractivity contribution >= 4 is 55.7 Å². The fourth-order valence-corrected chi connectivity index (χ4v) is 3.79. The monoisotopic (exact) mass is 377 g/mol. The van der Waals surface area contributed by atoms with Crippen LogP contribution < -0.4 is 4.74 Å². The summed E-state index contributed by atoms with van der Waals surface area (Å²) in [5.41, 5.74) is 2.77. The highest BCUT2D eigenvalue weighted by Gasteiger charge is 2.11. The predicted octanol–water partition coefficient (Wildman–Crippen LogP) is 5.57. The molecule has 0 spiro atoms. The largest absolute Gasteiger partial charge is 0.497 e. The Labute approximate surface area is 159 Å². The summed E-state index contributed by atoms with van der Waals surface area (Å²) in [4.78, 5) is 8.96. The van der Waals surface area contributed by atoms with E-state index in [2.05, 4.69) is 16.0 Å². The zero-order valence-corrected chi connectivity index (χ0v) is 15.3. The highest BCUT2D eigenvalue weighted by Crippen LogP contribution is 2.30. The SMILES string of the molecule is COc1ccc2nc(Cl)c(/C=C(\C#N)c3nc4ccccc4s3)cc2c1. The Kier molecular flexibility index (Phi) is 4.29. The number of hydrogen-bond donors (Lipinski definition) is 0. The van der Waals surface area contributed by atoms with E-state index in [1.54, 1.807) is 13.2 Å². The Bertz CT molecular complexity index is 1170. The number of methoxy groups -OCH3 is 1. The number of hydrogen-bond acceptors (Lipinski definition) is 5. The zero-order chi connectivity index (χ0) is 18.1. The number of allylic oxidation sites excluding steroid dienone is 1. The maximum absolute atomic E-state index is 9.62. The Hall–Kier alpha value is -2.94. The molecule has 0 radical (unpaired) electrons. The first kappa shape index (κ1) is 16.5. The van der Waals surface area contributed by atoms with Gasteiger partial charge in [-0.05, 0) is 42.5 Å². The lowest BCUT2D eigenvalue weighted by Gasteiger charge is -2.05. The molecule has 0 saturated carbocycles. The van der Waals surface area contributed by atoms with E-state index < -0.39 is 0 Å². The Morgan fingerprint density at radius 3 is 2.77 bits per heavy atom. The third kappa shape index (κ3) is 3.01. The molecule has 2 aromatic heterocycles. The highest BCUT2D eigenvalue weighted by molar-refractivity contribution is 7.19. The van der Waals surface area contributed by atoms with Gasteiger partial charge in [-0.15, -0.1) is 11.3 Å². The van der Waals surface area contributed by atoms with E-state index in [4.69, 9.17) is 16.3 Å². The standard InChI is InChI=1S/C20H12ClN3OS/c1-25-15-6-7-16-12(10-15)8-13(19(21)23-16)9-14(11-22)20-24-17-4-2-3-5-18(17)26-20/h2-10H,1H3/b14-9+. The molecule has 0 atom stereocenters. The van der Waals surface area contributed by atoms with Gasteiger partial charge in [-0.25, -0.2) is 9.97 Å². The van der Waals surface area contributed by atoms with E-state index in [0.29, 0.717) is 21.3 Å². The van der Waals surface area contributed by atoms with Crippen LogP contribution in [0.4, 0.5) is 0 Å². The number of pyridine rings is 1. The van der Waals surface area contributed by atoms with Crippen LogP contribution in [0.15, 0.2) is 48.5 Å². The normalized spacial score (nSPS) is 11.7. The number of para-hydroxylation sites is 1. The first-order valence-electron chi connectivity index (χ1n) is 7.80. The molecule has 6 heteroatoms. The summed E-state index contributed by atoms with van der Waals surface area (Å²) in [7, 11) is 1.62. The van der Waals surface area contributed by atoms with Crippen molar-refractivity contribution in [1.29, 1.82) is 5.26 Å². The van der Waals surface area contributed by atoms with Crippen molar-refractivity contribution in [2.24, 2.45) is 0 Å². The molecule has 4 nitrogen and oxygen atoms in total. The molecule has 4 aromatic rings. The highest BCUT2D eigenvalue weighted by atomic mass is 35.5. The van der Waals surface area contributed by atoms with Gasteiger partial charge >= 0.3 is 0 Å². The van der Waals surface area contributed by atoms with Crippen molar-refractivity contribution in [2.75, 3.05) is 7.11 Å². The van der Waals surface area contributed by atoms with Crippen LogP contribution in [0.25, 0.3) is 32.8 Å². The second-order valence-corrected chi connectivity index (χ2v) is 6.97. The third-order valence-electron chi connectivity index (χ3n) is 3.95. The molecule has 0 aliphatic carbocycles. The van der Waals surface area contributed by atoms with Crippen molar-refractivity contribution in [3.8, 4) is 11.8 Å². The number of benzene rings is 2. The molecule has 2 aromatic carbocycles. The predicted molar refractivity (Wildman–Crippen MR) is 106 cm³/mol. The van der Waals surface area contributed by atoms with Gasteiger partial charge in [0.2, 0.25) is 0 Å². The van der Waals surface area contributed by atoms with Gasteiger partial charge in [0.15, 0.2) is 0 Å². The molecule has 0 N–H and O–H groups in total. The van der Waals surface area contributed by atoms with Gasteiger partial charge in [0.1, 0.15) is 22.0 Å². The Morgan fingerprint density at radius 2 is 2.00 bits per heavy atom. The van der Waals surface area contributed by atoms with Gasteiger partial charge in [-0.1, -0.05) is 23.7 Å². The average molecular weight is 378 g/mol. The molecule has 26 heavy (non-hydrogen) atoms. The quantitative estimate of drug-likeness (QED) is 0.346. The van der Waals surface area contributed by atoms with Crippen LogP contribution in [-0.4, -0.2) is 17.1 Å². The summed E-state index contributed by atoms with van der Waals surface area (Å²) in [6.45, 7) is 0. The van der Waals surface area contributed by atoms with Crippen LogP contribution in [0.1, 0.15) is 10.6 Å². The van der Waals surface area contributed by atoms with Gasteiger partial charge in [0.25, 0.3) is 0 Å². The number of rotatable bonds is 3. The van der Waals surface area contributed by atoms with Gasteiger partial charge < -0.3 is 4.74 Å². The van der Waals surface area contributed by atoms with Gasteiger partial charge in [-0.3, -0.25) is 0 Å². The third-order valence-corrected chi connectivity index (χ3v) is 5.32. The average Bonchev–Trinajstić information content (AvgIpc) is 3.09. The van der Waals surface area contributed by atoms with E-state index in [9.17, 15) is 5.26 Å². The number of fused-ring (bicyclic) bond motifs is 2. The van der Waals surface area contributed by atoms with E-state index >= 15 is 0 Å². The number of nitriles is 1.